The van der Waals surface area contributed by atoms with E-state index in [0.717, 1.165) is 69.3 Å². The van der Waals surface area contributed by atoms with Gasteiger partial charge in [-0.25, -0.2) is 0 Å². The molecule has 1 saturated heterocycles. The maximum atomic E-state index is 14.4. The van der Waals surface area contributed by atoms with Crippen molar-refractivity contribution < 1.29 is 40.7 Å². The van der Waals surface area contributed by atoms with E-state index in [2.05, 4.69) is 9.97 Å². The molecule has 4 heterocycles. The molecule has 13 heteroatoms. The standard InChI is InChI=1S/C32H28F6N4O3/c1-19-3-8-22-23-10-14-41(17-27(23)40-26(22)15-19)29(44)30(45-21-6-4-20(5-7-21)31(33,34)35)11-2-13-42(18-30)28(43)24-16-39-12-9-25(24)32(36,37)38/h3-9,12,15-16,40H,2,10-11,13-14,17-18H2,1H3/t30-/m1/s1. The van der Waals surface area contributed by atoms with Crippen molar-refractivity contribution >= 4 is 22.7 Å². The summed E-state index contributed by atoms with van der Waals surface area (Å²) < 4.78 is 87.2. The molecule has 0 radical (unpaired) electrons. The number of carbonyl (C=O) groups is 2. The minimum Gasteiger partial charge on any atom is -0.476 e. The van der Waals surface area contributed by atoms with Crippen LogP contribution in [0.15, 0.2) is 60.9 Å². The van der Waals surface area contributed by atoms with E-state index >= 15 is 0 Å². The van der Waals surface area contributed by atoms with Crippen LogP contribution in [0.3, 0.4) is 0 Å². The summed E-state index contributed by atoms with van der Waals surface area (Å²) in [5, 5.41) is 1.05. The van der Waals surface area contributed by atoms with Crippen LogP contribution in [0.1, 0.15) is 51.1 Å². The first-order valence-electron chi connectivity index (χ1n) is 14.3. The van der Waals surface area contributed by atoms with Gasteiger partial charge in [-0.3, -0.25) is 14.6 Å². The van der Waals surface area contributed by atoms with Crippen LogP contribution in [-0.4, -0.2) is 56.8 Å². The molecule has 45 heavy (non-hydrogen) atoms. The van der Waals surface area contributed by atoms with E-state index in [9.17, 15) is 35.9 Å². The van der Waals surface area contributed by atoms with E-state index in [0.29, 0.717) is 19.0 Å². The number of amides is 2. The van der Waals surface area contributed by atoms with Gasteiger partial charge >= 0.3 is 12.4 Å². The van der Waals surface area contributed by atoms with Gasteiger partial charge in [0.1, 0.15) is 5.75 Å². The average molecular weight is 631 g/mol. The molecule has 1 atom stereocenters. The fourth-order valence-corrected chi connectivity index (χ4v) is 6.24. The highest BCUT2D eigenvalue weighted by atomic mass is 19.4. The third-order valence-corrected chi connectivity index (χ3v) is 8.40. The SMILES string of the molecule is Cc1ccc2c3c([nH]c2c1)CN(C(=O)[C@@]1(Oc2ccc(C(F)(F)F)cc2)CCCN(C(=O)c2cnccc2C(F)(F)F)C1)CC3. The minimum atomic E-state index is -4.82. The number of aromatic amines is 1. The molecule has 2 aromatic heterocycles. The zero-order valence-corrected chi connectivity index (χ0v) is 24.1. The Kier molecular flexibility index (Phi) is 7.52. The van der Waals surface area contributed by atoms with Gasteiger partial charge in [-0.2, -0.15) is 26.3 Å². The number of hydrogen-bond acceptors (Lipinski definition) is 4. The van der Waals surface area contributed by atoms with E-state index in [-0.39, 0.29) is 31.7 Å². The predicted molar refractivity (Wildman–Crippen MR) is 151 cm³/mol. The number of alkyl halides is 6. The van der Waals surface area contributed by atoms with E-state index in [1.54, 1.807) is 4.90 Å². The molecule has 2 aliphatic heterocycles. The van der Waals surface area contributed by atoms with Crippen molar-refractivity contribution in [2.45, 2.75) is 50.7 Å². The number of pyridine rings is 1. The molecule has 2 amide bonds. The van der Waals surface area contributed by atoms with Crippen molar-refractivity contribution in [2.24, 2.45) is 0 Å². The monoisotopic (exact) mass is 630 g/mol. The number of rotatable bonds is 4. The molecular formula is C32H28F6N4O3. The minimum absolute atomic E-state index is 0.0400. The molecule has 0 saturated carbocycles. The lowest BCUT2D eigenvalue weighted by Gasteiger charge is -2.44. The number of aryl methyl sites for hydroxylation is 1. The normalized spacial score (nSPS) is 19.0. The van der Waals surface area contributed by atoms with E-state index in [1.165, 1.54) is 0 Å². The van der Waals surface area contributed by atoms with E-state index in [4.69, 9.17) is 4.74 Å². The molecule has 0 spiro atoms. The highest BCUT2D eigenvalue weighted by molar-refractivity contribution is 5.97. The Balaban J connectivity index is 1.34. The number of hydrogen-bond donors (Lipinski definition) is 1. The van der Waals surface area contributed by atoms with Gasteiger partial charge in [-0.05, 0) is 73.7 Å². The number of nitrogens with one attached hydrogen (secondary N) is 1. The number of likely N-dealkylation sites (tertiary alicyclic amines) is 1. The maximum absolute atomic E-state index is 14.4. The second-order valence-electron chi connectivity index (χ2n) is 11.5. The molecule has 0 unspecified atom stereocenters. The fourth-order valence-electron chi connectivity index (χ4n) is 6.24. The first-order chi connectivity index (χ1) is 21.2. The van der Waals surface area contributed by atoms with Crippen molar-refractivity contribution in [2.75, 3.05) is 19.6 Å². The lowest BCUT2D eigenvalue weighted by molar-refractivity contribution is -0.153. The molecule has 2 aromatic carbocycles. The van der Waals surface area contributed by atoms with Gasteiger partial charge in [-0.1, -0.05) is 12.1 Å². The molecule has 1 fully saturated rings. The lowest BCUT2D eigenvalue weighted by atomic mass is 9.89. The van der Waals surface area contributed by atoms with Crippen LogP contribution in [0.5, 0.6) is 5.75 Å². The Morgan fingerprint density at radius 2 is 1.71 bits per heavy atom. The van der Waals surface area contributed by atoms with Crippen molar-refractivity contribution in [1.29, 1.82) is 0 Å². The fraction of sp³-hybridized carbons (Fsp3) is 0.344. The van der Waals surface area contributed by atoms with Crippen molar-refractivity contribution in [3.63, 3.8) is 0 Å². The smallest absolute Gasteiger partial charge is 0.417 e. The second-order valence-corrected chi connectivity index (χ2v) is 11.5. The van der Waals surface area contributed by atoms with Gasteiger partial charge in [0, 0.05) is 42.1 Å². The number of ether oxygens (including phenoxy) is 1. The van der Waals surface area contributed by atoms with Gasteiger partial charge < -0.3 is 19.5 Å². The quantitative estimate of drug-likeness (QED) is 0.260. The molecule has 236 valence electrons. The van der Waals surface area contributed by atoms with Crippen LogP contribution in [0.25, 0.3) is 10.9 Å². The summed E-state index contributed by atoms with van der Waals surface area (Å²) in [6.07, 6.45) is -6.83. The number of carbonyl (C=O) groups excluding carboxylic acids is 2. The van der Waals surface area contributed by atoms with E-state index in [1.807, 2.05) is 25.1 Å². The number of H-pyrrole nitrogens is 1. The highest BCUT2D eigenvalue weighted by Crippen LogP contribution is 2.37. The number of piperidine rings is 1. The molecule has 1 N–H and O–H groups in total. The zero-order valence-electron chi connectivity index (χ0n) is 24.1. The molecule has 4 aromatic rings. The average Bonchev–Trinajstić information content (AvgIpc) is 3.36. The van der Waals surface area contributed by atoms with Crippen LogP contribution in [-0.2, 0) is 30.1 Å². The maximum Gasteiger partial charge on any atom is 0.417 e. The first kappa shape index (κ1) is 30.5. The summed E-state index contributed by atoms with van der Waals surface area (Å²) in [5.74, 6) is -1.53. The van der Waals surface area contributed by atoms with E-state index < -0.39 is 53.0 Å². The number of aromatic nitrogens is 2. The Labute approximate surface area is 253 Å². The third kappa shape index (κ3) is 5.83. The predicted octanol–water partition coefficient (Wildman–Crippen LogP) is 6.55. The Morgan fingerprint density at radius 3 is 2.42 bits per heavy atom. The molecule has 7 nitrogen and oxygen atoms in total. The van der Waals surface area contributed by atoms with Gasteiger partial charge in [0.15, 0.2) is 0 Å². The van der Waals surface area contributed by atoms with Crippen LogP contribution in [0, 0.1) is 6.92 Å². The molecule has 6 rings (SSSR count). The van der Waals surface area contributed by atoms with Crippen LogP contribution < -0.4 is 4.74 Å². The number of benzene rings is 2. The Hall–Kier alpha value is -4.55. The number of fused-ring (bicyclic) bond motifs is 3. The van der Waals surface area contributed by atoms with Gasteiger partial charge in [0.25, 0.3) is 11.8 Å². The highest BCUT2D eigenvalue weighted by Gasteiger charge is 2.49. The summed E-state index contributed by atoms with van der Waals surface area (Å²) in [6, 6.07) is 10.6. The molecule has 0 aliphatic carbocycles. The van der Waals surface area contributed by atoms with Crippen LogP contribution in [0.2, 0.25) is 0 Å². The van der Waals surface area contributed by atoms with Crippen LogP contribution >= 0.6 is 0 Å². The Bertz CT molecular complexity index is 1770. The Morgan fingerprint density at radius 1 is 0.956 bits per heavy atom. The zero-order chi connectivity index (χ0) is 32.1. The van der Waals surface area contributed by atoms with Gasteiger partial charge in [0.05, 0.1) is 29.8 Å². The third-order valence-electron chi connectivity index (χ3n) is 8.40. The summed E-state index contributed by atoms with van der Waals surface area (Å²) >= 11 is 0. The van der Waals surface area contributed by atoms with Gasteiger partial charge in [0.2, 0.25) is 5.60 Å². The summed E-state index contributed by atoms with van der Waals surface area (Å²) in [4.78, 5) is 37.7. The van der Waals surface area contributed by atoms with Gasteiger partial charge in [-0.15, -0.1) is 0 Å². The topological polar surface area (TPSA) is 78.5 Å². The number of halogens is 6. The molecule has 0 bridgehead atoms. The summed E-state index contributed by atoms with van der Waals surface area (Å²) in [5.41, 5.74) is -0.621. The second kappa shape index (κ2) is 11.1. The summed E-state index contributed by atoms with van der Waals surface area (Å²) in [6.45, 7) is 2.10. The summed E-state index contributed by atoms with van der Waals surface area (Å²) in [7, 11) is 0. The number of nitrogens with zero attached hydrogens (tertiary/aromatic N) is 3. The van der Waals surface area contributed by atoms with Crippen molar-refractivity contribution in [3.8, 4) is 5.75 Å². The first-order valence-corrected chi connectivity index (χ1v) is 14.3. The van der Waals surface area contributed by atoms with Crippen LogP contribution in [0.4, 0.5) is 26.3 Å². The van der Waals surface area contributed by atoms with Crippen molar-refractivity contribution in [1.82, 2.24) is 19.8 Å². The lowest BCUT2D eigenvalue weighted by Crippen LogP contribution is -2.62. The molecule has 2 aliphatic rings. The molecular weight excluding hydrogens is 602 g/mol. The largest absolute Gasteiger partial charge is 0.476 e. The van der Waals surface area contributed by atoms with Crippen molar-refractivity contribution in [3.05, 3.63) is 94.4 Å².